The summed E-state index contributed by atoms with van der Waals surface area (Å²) < 4.78 is 5.29. The molecule has 2 N–H and O–H groups in total. The highest BCUT2D eigenvalue weighted by molar-refractivity contribution is 7.56. The number of anilines is 1. The van der Waals surface area contributed by atoms with E-state index in [2.05, 4.69) is 69.6 Å². The molecular weight excluding hydrogens is 381 g/mol. The highest BCUT2D eigenvalue weighted by Crippen LogP contribution is 2.55. The van der Waals surface area contributed by atoms with E-state index in [1.54, 1.807) is 0 Å². The number of nitrogens with two attached hydrogens (primary N) is 1. The predicted molar refractivity (Wildman–Crippen MR) is 126 cm³/mol. The van der Waals surface area contributed by atoms with Crippen molar-refractivity contribution >= 4 is 29.5 Å². The molecule has 1 atom stereocenters. The van der Waals surface area contributed by atoms with Crippen LogP contribution in [0.4, 0.5) is 5.69 Å². The summed E-state index contributed by atoms with van der Waals surface area (Å²) in [5, 5.41) is 0. The Labute approximate surface area is 166 Å². The van der Waals surface area contributed by atoms with Gasteiger partial charge in [-0.25, -0.2) is 9.73 Å². The van der Waals surface area contributed by atoms with Gasteiger partial charge in [0.1, 0.15) is 5.43 Å². The summed E-state index contributed by atoms with van der Waals surface area (Å²) in [6.07, 6.45) is 0. The number of nitrogen functional groups attached to an aromatic ring is 1. The molecule has 0 amide bonds. The molecule has 3 nitrogen and oxygen atoms in total. The molecule has 0 saturated heterocycles. The fourth-order valence-electron chi connectivity index (χ4n) is 4.07. The van der Waals surface area contributed by atoms with Crippen LogP contribution in [-0.2, 0) is 0 Å². The summed E-state index contributed by atoms with van der Waals surface area (Å²) in [6.45, 7) is 15.0. The first-order chi connectivity index (χ1) is 12.6. The molecule has 0 aliphatic heterocycles. The Morgan fingerprint density at radius 1 is 0.778 bits per heavy atom. The van der Waals surface area contributed by atoms with Gasteiger partial charge in [0.15, 0.2) is 5.82 Å². The SMILES string of the molecule is C[Si](C)(C)C(p1nc(-c2ccc(N)cc2)nc1-c1ccccc1)[Si](C)(C)C. The van der Waals surface area contributed by atoms with E-state index in [1.807, 2.05) is 24.3 Å². The fraction of sp³-hybridized carbons (Fsp3) is 0.333. The second kappa shape index (κ2) is 7.38. The van der Waals surface area contributed by atoms with Gasteiger partial charge in [0.05, 0.1) is 16.1 Å². The Bertz CT molecular complexity index is 893. The van der Waals surface area contributed by atoms with Crippen LogP contribution in [0.2, 0.25) is 39.3 Å². The number of nitrogens with zero attached hydrogens (tertiary/aromatic N) is 2. The predicted octanol–water partition coefficient (Wildman–Crippen LogP) is 6.68. The van der Waals surface area contributed by atoms with E-state index >= 15 is 0 Å². The van der Waals surface area contributed by atoms with Gasteiger partial charge < -0.3 is 5.73 Å². The van der Waals surface area contributed by atoms with E-state index in [1.165, 1.54) is 11.0 Å². The van der Waals surface area contributed by atoms with Crippen molar-refractivity contribution in [1.82, 2.24) is 9.73 Å². The van der Waals surface area contributed by atoms with Crippen LogP contribution in [0.5, 0.6) is 0 Å². The van der Waals surface area contributed by atoms with Crippen molar-refractivity contribution in [2.24, 2.45) is 0 Å². The lowest BCUT2D eigenvalue weighted by Gasteiger charge is -2.37. The number of rotatable bonds is 5. The topological polar surface area (TPSA) is 51.8 Å². The van der Waals surface area contributed by atoms with Crippen LogP contribution < -0.4 is 5.73 Å². The molecule has 1 aromatic heterocycles. The van der Waals surface area contributed by atoms with Gasteiger partial charge in [-0.2, -0.15) is 0 Å². The maximum Gasteiger partial charge on any atom is 0.163 e. The van der Waals surface area contributed by atoms with Crippen molar-refractivity contribution in [2.45, 2.75) is 44.2 Å². The van der Waals surface area contributed by atoms with E-state index in [4.69, 9.17) is 15.5 Å². The zero-order chi connectivity index (χ0) is 19.8. The van der Waals surface area contributed by atoms with Crippen LogP contribution in [0, 0.1) is 0 Å². The maximum absolute atomic E-state index is 5.87. The molecule has 3 aromatic rings. The van der Waals surface area contributed by atoms with Crippen molar-refractivity contribution < 1.29 is 0 Å². The zero-order valence-corrected chi connectivity index (χ0v) is 20.1. The van der Waals surface area contributed by atoms with Crippen molar-refractivity contribution in [3.8, 4) is 22.4 Å². The average Bonchev–Trinajstić information content (AvgIpc) is 2.98. The normalized spacial score (nSPS) is 13.2. The second-order valence-corrected chi connectivity index (χ2v) is 23.3. The molecule has 2 aromatic carbocycles. The van der Waals surface area contributed by atoms with Crippen LogP contribution >= 0.6 is 7.69 Å². The lowest BCUT2D eigenvalue weighted by molar-refractivity contribution is 1.32. The second-order valence-electron chi connectivity index (χ2n) is 9.33. The molecule has 1 heterocycles. The monoisotopic (exact) mass is 411 g/mol. The van der Waals surface area contributed by atoms with Gasteiger partial charge >= 0.3 is 0 Å². The summed E-state index contributed by atoms with van der Waals surface area (Å²) in [5.74, 6) is 0.876. The van der Waals surface area contributed by atoms with Gasteiger partial charge in [0.2, 0.25) is 0 Å². The molecule has 0 aliphatic carbocycles. The van der Waals surface area contributed by atoms with Crippen molar-refractivity contribution in [2.75, 3.05) is 5.73 Å². The number of hydrogen-bond acceptors (Lipinski definition) is 3. The molecule has 142 valence electrons. The molecular formula is C21H30N3PSi2. The Hall–Kier alpha value is -1.69. The average molecular weight is 412 g/mol. The summed E-state index contributed by atoms with van der Waals surface area (Å²) >= 11 is 0. The lowest BCUT2D eigenvalue weighted by Crippen LogP contribution is -2.43. The minimum Gasteiger partial charge on any atom is -0.399 e. The number of hydrogen-bond donors (Lipinski definition) is 1. The lowest BCUT2D eigenvalue weighted by atomic mass is 10.2. The molecule has 6 heteroatoms. The highest BCUT2D eigenvalue weighted by atomic mass is 31.1. The molecule has 0 radical (unpaired) electrons. The summed E-state index contributed by atoms with van der Waals surface area (Å²) in [5.41, 5.74) is 10.1. The molecule has 0 spiro atoms. The summed E-state index contributed by atoms with van der Waals surface area (Å²) in [7, 11) is -3.50. The minimum atomic E-state index is -1.42. The molecule has 3 rings (SSSR count). The Morgan fingerprint density at radius 2 is 1.33 bits per heavy atom. The maximum atomic E-state index is 5.87. The first-order valence-electron chi connectivity index (χ1n) is 9.45. The number of aromatic nitrogens is 2. The number of benzene rings is 2. The Kier molecular flexibility index (Phi) is 5.48. The van der Waals surface area contributed by atoms with E-state index in [0.29, 0.717) is 4.91 Å². The molecule has 0 aliphatic rings. The van der Waals surface area contributed by atoms with Crippen molar-refractivity contribution in [1.29, 1.82) is 0 Å². The van der Waals surface area contributed by atoms with Gasteiger partial charge in [-0.05, 0) is 32.0 Å². The Morgan fingerprint density at radius 3 is 1.85 bits per heavy atom. The van der Waals surface area contributed by atoms with E-state index in [0.717, 1.165) is 17.1 Å². The largest absolute Gasteiger partial charge is 0.399 e. The van der Waals surface area contributed by atoms with Crippen molar-refractivity contribution in [3.63, 3.8) is 0 Å². The molecule has 0 fully saturated rings. The van der Waals surface area contributed by atoms with Crippen LogP contribution in [0.25, 0.3) is 22.4 Å². The first kappa shape index (κ1) is 20.1. The fourth-order valence-corrected chi connectivity index (χ4v) is 22.8. The third kappa shape index (κ3) is 4.42. The van der Waals surface area contributed by atoms with Gasteiger partial charge in [-0.1, -0.05) is 69.6 Å². The Balaban J connectivity index is 2.23. The van der Waals surface area contributed by atoms with Crippen LogP contribution in [0.1, 0.15) is 4.91 Å². The van der Waals surface area contributed by atoms with E-state index in [-0.39, 0.29) is 0 Å². The third-order valence-corrected chi connectivity index (χ3v) is 21.0. The van der Waals surface area contributed by atoms with Gasteiger partial charge in [0.25, 0.3) is 0 Å². The molecule has 0 saturated carbocycles. The van der Waals surface area contributed by atoms with Crippen LogP contribution in [-0.4, -0.2) is 25.9 Å². The van der Waals surface area contributed by atoms with E-state index in [9.17, 15) is 0 Å². The molecule has 27 heavy (non-hydrogen) atoms. The van der Waals surface area contributed by atoms with E-state index < -0.39 is 23.8 Å². The quantitative estimate of drug-likeness (QED) is 0.376. The van der Waals surface area contributed by atoms with Gasteiger partial charge in [-0.3, -0.25) is 0 Å². The zero-order valence-electron chi connectivity index (χ0n) is 17.2. The first-order valence-corrected chi connectivity index (χ1v) is 18.0. The standard InChI is InChI=1S/C21H30N3PSi2/c1-26(2,3)21(27(4,5)6)25-20(17-10-8-7-9-11-17)23-19(24-25)16-12-14-18(22)15-13-16/h7-15,21H,22H2,1-6H3. The molecule has 0 bridgehead atoms. The van der Waals surface area contributed by atoms with Gasteiger partial charge in [0, 0.05) is 21.7 Å². The van der Waals surface area contributed by atoms with Gasteiger partial charge in [-0.15, -0.1) is 0 Å². The van der Waals surface area contributed by atoms with Crippen LogP contribution in [0.15, 0.2) is 54.6 Å². The summed E-state index contributed by atoms with van der Waals surface area (Å²) in [4.78, 5) is 5.77. The molecule has 1 unspecified atom stereocenters. The highest BCUT2D eigenvalue weighted by Gasteiger charge is 2.42. The van der Waals surface area contributed by atoms with Crippen LogP contribution in [0.3, 0.4) is 0 Å². The van der Waals surface area contributed by atoms with Crippen molar-refractivity contribution in [3.05, 3.63) is 54.6 Å². The summed E-state index contributed by atoms with van der Waals surface area (Å²) in [6, 6.07) is 18.6. The smallest absolute Gasteiger partial charge is 0.163 e. The third-order valence-electron chi connectivity index (χ3n) is 4.72. The minimum absolute atomic E-state index is 0.665.